The molecule has 0 fully saturated rings. The second-order valence-corrected chi connectivity index (χ2v) is 3.55. The Bertz CT molecular complexity index is 296. The number of allylic oxidation sites excluding steroid dienone is 1. The van der Waals surface area contributed by atoms with Crippen LogP contribution in [0.1, 0.15) is 25.0 Å². The highest BCUT2D eigenvalue weighted by Crippen LogP contribution is 2.09. The minimum absolute atomic E-state index is 0.970. The van der Waals surface area contributed by atoms with Crippen molar-refractivity contribution in [2.75, 3.05) is 7.11 Å². The smallest absolute Gasteiger partial charge is 0.0817 e. The monoisotopic (exact) mass is 190 g/mol. The molecule has 0 atom stereocenters. The van der Waals surface area contributed by atoms with Crippen molar-refractivity contribution < 1.29 is 4.74 Å². The van der Waals surface area contributed by atoms with Crippen molar-refractivity contribution >= 4 is 0 Å². The zero-order valence-corrected chi connectivity index (χ0v) is 9.21. The van der Waals surface area contributed by atoms with Gasteiger partial charge in [-0.2, -0.15) is 0 Å². The van der Waals surface area contributed by atoms with E-state index >= 15 is 0 Å². The molecule has 0 unspecified atom stereocenters. The van der Waals surface area contributed by atoms with E-state index in [4.69, 9.17) is 4.74 Å². The molecule has 1 rings (SSSR count). The SMILES string of the molecule is CCc1ccc(CC(C)=COC)cc1. The molecule has 76 valence electrons. The van der Waals surface area contributed by atoms with Gasteiger partial charge < -0.3 is 4.74 Å². The lowest BCUT2D eigenvalue weighted by atomic mass is 10.0. The van der Waals surface area contributed by atoms with Gasteiger partial charge in [-0.1, -0.05) is 31.2 Å². The third-order valence-corrected chi connectivity index (χ3v) is 2.23. The molecule has 0 aliphatic rings. The molecule has 14 heavy (non-hydrogen) atoms. The summed E-state index contributed by atoms with van der Waals surface area (Å²) in [5.41, 5.74) is 3.98. The van der Waals surface area contributed by atoms with Crippen LogP contribution >= 0.6 is 0 Å². The third-order valence-electron chi connectivity index (χ3n) is 2.23. The Labute approximate surface area is 86.4 Å². The van der Waals surface area contributed by atoms with Crippen molar-refractivity contribution in [3.63, 3.8) is 0 Å². The zero-order valence-electron chi connectivity index (χ0n) is 9.21. The summed E-state index contributed by atoms with van der Waals surface area (Å²) in [4.78, 5) is 0. The van der Waals surface area contributed by atoms with Gasteiger partial charge in [-0.3, -0.25) is 0 Å². The van der Waals surface area contributed by atoms with Crippen LogP contribution in [0.4, 0.5) is 0 Å². The van der Waals surface area contributed by atoms with Crippen LogP contribution in [0, 0.1) is 0 Å². The van der Waals surface area contributed by atoms with E-state index in [1.165, 1.54) is 16.7 Å². The Hall–Kier alpha value is -1.24. The summed E-state index contributed by atoms with van der Waals surface area (Å²) in [7, 11) is 1.68. The second kappa shape index (κ2) is 5.48. The fraction of sp³-hybridized carbons (Fsp3) is 0.385. The molecule has 1 aromatic rings. The van der Waals surface area contributed by atoms with E-state index in [1.807, 2.05) is 0 Å². The third kappa shape index (κ3) is 3.25. The molecule has 0 aromatic heterocycles. The molecule has 1 heteroatoms. The zero-order chi connectivity index (χ0) is 10.4. The van der Waals surface area contributed by atoms with E-state index in [2.05, 4.69) is 38.1 Å². The highest BCUT2D eigenvalue weighted by molar-refractivity contribution is 5.25. The van der Waals surface area contributed by atoms with E-state index in [1.54, 1.807) is 13.4 Å². The van der Waals surface area contributed by atoms with Crippen LogP contribution in [0.5, 0.6) is 0 Å². The van der Waals surface area contributed by atoms with E-state index < -0.39 is 0 Å². The molecule has 0 spiro atoms. The molecule has 0 saturated heterocycles. The standard InChI is InChI=1S/C13H18O/c1-4-12-5-7-13(8-6-12)9-11(2)10-14-3/h5-8,10H,4,9H2,1-3H3. The van der Waals surface area contributed by atoms with Gasteiger partial charge in [0.2, 0.25) is 0 Å². The van der Waals surface area contributed by atoms with Gasteiger partial charge in [-0.05, 0) is 36.5 Å². The molecule has 0 N–H and O–H groups in total. The molecule has 0 amide bonds. The quantitative estimate of drug-likeness (QED) is 0.662. The molecule has 0 aliphatic heterocycles. The van der Waals surface area contributed by atoms with Crippen molar-refractivity contribution in [2.45, 2.75) is 26.7 Å². The van der Waals surface area contributed by atoms with E-state index in [0.717, 1.165) is 12.8 Å². The number of methoxy groups -OCH3 is 1. The first-order chi connectivity index (χ1) is 6.76. The lowest BCUT2D eigenvalue weighted by Crippen LogP contribution is -1.88. The molecule has 0 radical (unpaired) electrons. The first-order valence-electron chi connectivity index (χ1n) is 5.02. The number of hydrogen-bond acceptors (Lipinski definition) is 1. The average Bonchev–Trinajstić information content (AvgIpc) is 2.19. The molecule has 0 saturated carbocycles. The predicted molar refractivity (Wildman–Crippen MR) is 60.3 cm³/mol. The lowest BCUT2D eigenvalue weighted by Gasteiger charge is -2.03. The van der Waals surface area contributed by atoms with Gasteiger partial charge in [-0.15, -0.1) is 0 Å². The van der Waals surface area contributed by atoms with Crippen LogP contribution < -0.4 is 0 Å². The van der Waals surface area contributed by atoms with Crippen molar-refractivity contribution in [3.8, 4) is 0 Å². The van der Waals surface area contributed by atoms with Gasteiger partial charge in [0.25, 0.3) is 0 Å². The second-order valence-electron chi connectivity index (χ2n) is 3.55. The maximum atomic E-state index is 4.96. The number of hydrogen-bond donors (Lipinski definition) is 0. The Balaban J connectivity index is 2.64. The minimum Gasteiger partial charge on any atom is -0.504 e. The van der Waals surface area contributed by atoms with Crippen LogP contribution in [0.25, 0.3) is 0 Å². The summed E-state index contributed by atoms with van der Waals surface area (Å²) in [6.07, 6.45) is 3.87. The first kappa shape index (κ1) is 10.8. The average molecular weight is 190 g/mol. The number of ether oxygens (including phenoxy) is 1. The number of aryl methyl sites for hydroxylation is 1. The maximum Gasteiger partial charge on any atom is 0.0817 e. The molecular formula is C13H18O. The first-order valence-corrected chi connectivity index (χ1v) is 5.02. The molecule has 0 heterocycles. The topological polar surface area (TPSA) is 9.23 Å². The predicted octanol–water partition coefficient (Wildman–Crippen LogP) is 3.34. The van der Waals surface area contributed by atoms with Gasteiger partial charge >= 0.3 is 0 Å². The maximum absolute atomic E-state index is 4.96. The molecular weight excluding hydrogens is 172 g/mol. The Morgan fingerprint density at radius 1 is 1.21 bits per heavy atom. The summed E-state index contributed by atoms with van der Waals surface area (Å²) in [6.45, 7) is 4.25. The van der Waals surface area contributed by atoms with Gasteiger partial charge in [0.15, 0.2) is 0 Å². The molecule has 1 aromatic carbocycles. The molecule has 0 bridgehead atoms. The van der Waals surface area contributed by atoms with Crippen LogP contribution in [0.2, 0.25) is 0 Å². The van der Waals surface area contributed by atoms with Gasteiger partial charge in [0.05, 0.1) is 13.4 Å². The summed E-state index contributed by atoms with van der Waals surface area (Å²) in [5.74, 6) is 0. The van der Waals surface area contributed by atoms with Crippen LogP contribution in [-0.4, -0.2) is 7.11 Å². The summed E-state index contributed by atoms with van der Waals surface area (Å²) >= 11 is 0. The fourth-order valence-corrected chi connectivity index (χ4v) is 1.46. The van der Waals surface area contributed by atoms with E-state index in [0.29, 0.717) is 0 Å². The van der Waals surface area contributed by atoms with Crippen LogP contribution in [0.15, 0.2) is 36.1 Å². The van der Waals surface area contributed by atoms with E-state index in [9.17, 15) is 0 Å². The highest BCUT2D eigenvalue weighted by Gasteiger charge is 1.95. The highest BCUT2D eigenvalue weighted by atomic mass is 16.5. The van der Waals surface area contributed by atoms with E-state index in [-0.39, 0.29) is 0 Å². The van der Waals surface area contributed by atoms with Crippen molar-refractivity contribution in [1.29, 1.82) is 0 Å². The van der Waals surface area contributed by atoms with Crippen molar-refractivity contribution in [3.05, 3.63) is 47.2 Å². The van der Waals surface area contributed by atoms with Crippen molar-refractivity contribution in [2.24, 2.45) is 0 Å². The Morgan fingerprint density at radius 2 is 1.79 bits per heavy atom. The van der Waals surface area contributed by atoms with Gasteiger partial charge in [0, 0.05) is 0 Å². The summed E-state index contributed by atoms with van der Waals surface area (Å²) in [5, 5.41) is 0. The van der Waals surface area contributed by atoms with Crippen molar-refractivity contribution in [1.82, 2.24) is 0 Å². The van der Waals surface area contributed by atoms with Gasteiger partial charge in [-0.25, -0.2) is 0 Å². The van der Waals surface area contributed by atoms with Gasteiger partial charge in [0.1, 0.15) is 0 Å². The summed E-state index contributed by atoms with van der Waals surface area (Å²) in [6, 6.07) is 8.75. The Kier molecular flexibility index (Phi) is 4.24. The number of benzene rings is 1. The lowest BCUT2D eigenvalue weighted by molar-refractivity contribution is 0.333. The summed E-state index contributed by atoms with van der Waals surface area (Å²) < 4.78 is 4.96. The van der Waals surface area contributed by atoms with Crippen LogP contribution in [0.3, 0.4) is 0 Å². The van der Waals surface area contributed by atoms with Crippen LogP contribution in [-0.2, 0) is 17.6 Å². The largest absolute Gasteiger partial charge is 0.504 e. The Morgan fingerprint density at radius 3 is 2.29 bits per heavy atom. The fourth-order valence-electron chi connectivity index (χ4n) is 1.46. The number of rotatable bonds is 4. The normalized spacial score (nSPS) is 11.5. The molecule has 0 aliphatic carbocycles. The molecule has 1 nitrogen and oxygen atoms in total. The minimum atomic E-state index is 0.970.